The van der Waals surface area contributed by atoms with Crippen LogP contribution in [0.4, 0.5) is 0 Å². The number of nitrogens with one attached hydrogen (secondary N) is 4. The normalized spacial score (nSPS) is 14.6. The van der Waals surface area contributed by atoms with Crippen molar-refractivity contribution in [2.75, 3.05) is 0 Å². The number of aliphatic carboxylic acids is 2. The minimum absolute atomic E-state index is 0.0379. The molecule has 35 heavy (non-hydrogen) atoms. The molecule has 8 N–H and O–H groups in total. The van der Waals surface area contributed by atoms with Crippen molar-refractivity contribution < 1.29 is 34.2 Å². The average molecular weight is 497 g/mol. The third kappa shape index (κ3) is 11.0. The van der Waals surface area contributed by atoms with Crippen LogP contribution in [0.1, 0.15) is 52.7 Å². The molecule has 0 aliphatic heterocycles. The number of carbonyl (C=O) groups excluding carboxylic acids is 3. The van der Waals surface area contributed by atoms with Crippen molar-refractivity contribution >= 4 is 29.7 Å². The van der Waals surface area contributed by atoms with E-state index in [0.29, 0.717) is 5.69 Å². The number of nitrogens with two attached hydrogens (primary N) is 1. The van der Waals surface area contributed by atoms with Gasteiger partial charge in [-0.3, -0.25) is 19.2 Å². The van der Waals surface area contributed by atoms with E-state index in [1.54, 1.807) is 13.8 Å². The maximum absolute atomic E-state index is 13.0. The highest BCUT2D eigenvalue weighted by Crippen LogP contribution is 2.09. The first-order valence-corrected chi connectivity index (χ1v) is 11.4. The van der Waals surface area contributed by atoms with E-state index < -0.39 is 60.2 Å². The summed E-state index contributed by atoms with van der Waals surface area (Å²) < 4.78 is 0. The van der Waals surface area contributed by atoms with Crippen LogP contribution in [0.5, 0.6) is 0 Å². The van der Waals surface area contributed by atoms with Gasteiger partial charge in [0, 0.05) is 18.3 Å². The lowest BCUT2D eigenvalue weighted by Crippen LogP contribution is -2.58. The number of carbonyl (C=O) groups is 5. The molecule has 1 rings (SSSR count). The summed E-state index contributed by atoms with van der Waals surface area (Å²) in [6, 6.07) is -4.87. The second-order valence-electron chi connectivity index (χ2n) is 9.27. The Morgan fingerprint density at radius 3 is 1.89 bits per heavy atom. The maximum atomic E-state index is 13.0. The molecule has 0 aliphatic carbocycles. The number of rotatable bonds is 15. The van der Waals surface area contributed by atoms with E-state index in [1.165, 1.54) is 12.5 Å². The summed E-state index contributed by atoms with van der Waals surface area (Å²) >= 11 is 0. The van der Waals surface area contributed by atoms with Crippen molar-refractivity contribution in [3.05, 3.63) is 18.2 Å². The van der Waals surface area contributed by atoms with Crippen LogP contribution in [-0.2, 0) is 30.4 Å². The summed E-state index contributed by atoms with van der Waals surface area (Å²) in [4.78, 5) is 67.8. The molecule has 0 radical (unpaired) electrons. The highest BCUT2D eigenvalue weighted by Gasteiger charge is 2.32. The van der Waals surface area contributed by atoms with Crippen LogP contribution in [0.15, 0.2) is 12.5 Å². The molecule has 0 bridgehead atoms. The predicted molar refractivity (Wildman–Crippen MR) is 125 cm³/mol. The smallest absolute Gasteiger partial charge is 0.326 e. The monoisotopic (exact) mass is 496 g/mol. The predicted octanol–water partition coefficient (Wildman–Crippen LogP) is -0.615. The minimum atomic E-state index is -1.54. The highest BCUT2D eigenvalue weighted by atomic mass is 16.4. The minimum Gasteiger partial charge on any atom is -0.481 e. The lowest BCUT2D eigenvalue weighted by molar-refractivity contribution is -0.144. The Bertz CT molecular complexity index is 872. The highest BCUT2D eigenvalue weighted by molar-refractivity contribution is 5.95. The third-order valence-corrected chi connectivity index (χ3v) is 5.00. The van der Waals surface area contributed by atoms with Gasteiger partial charge in [-0.15, -0.1) is 0 Å². The standard InChI is InChI=1S/C22H36N6O7/c1-11(2)5-15(26-19(31)14(23)7-13-9-24-10-25-13)20(32)27-16(8-18(29)30)21(33)28-17(22(34)35)6-12(3)4/h9-12,14-17H,5-8,23H2,1-4H3,(H,24,25)(H,26,31)(H,27,32)(H,28,33)(H,29,30)(H,34,35). The van der Waals surface area contributed by atoms with E-state index in [0.717, 1.165) is 0 Å². The van der Waals surface area contributed by atoms with Gasteiger partial charge in [0.25, 0.3) is 0 Å². The summed E-state index contributed by atoms with van der Waals surface area (Å²) in [5, 5.41) is 25.8. The van der Waals surface area contributed by atoms with E-state index in [-0.39, 0.29) is 31.1 Å². The molecule has 0 fully saturated rings. The van der Waals surface area contributed by atoms with E-state index in [9.17, 15) is 34.2 Å². The SMILES string of the molecule is CC(C)CC(NC(=O)C(CC(=O)O)NC(=O)C(CC(C)C)NC(=O)C(N)Cc1cnc[nH]1)C(=O)O. The van der Waals surface area contributed by atoms with Crippen molar-refractivity contribution in [3.8, 4) is 0 Å². The van der Waals surface area contributed by atoms with Crippen molar-refractivity contribution in [1.29, 1.82) is 0 Å². The van der Waals surface area contributed by atoms with Crippen LogP contribution in [0.25, 0.3) is 0 Å². The van der Waals surface area contributed by atoms with E-state index in [2.05, 4.69) is 25.9 Å². The number of amides is 3. The van der Waals surface area contributed by atoms with E-state index >= 15 is 0 Å². The summed E-state index contributed by atoms with van der Waals surface area (Å²) in [6.07, 6.45) is 2.66. The first-order chi connectivity index (χ1) is 16.3. The summed E-state index contributed by atoms with van der Waals surface area (Å²) in [6.45, 7) is 7.19. The number of imidazole rings is 1. The molecule has 0 aliphatic rings. The topological polar surface area (TPSA) is 217 Å². The van der Waals surface area contributed by atoms with Gasteiger partial charge in [0.2, 0.25) is 17.7 Å². The average Bonchev–Trinajstić information content (AvgIpc) is 3.23. The molecular weight excluding hydrogens is 460 g/mol. The van der Waals surface area contributed by atoms with Gasteiger partial charge in [0.05, 0.1) is 18.8 Å². The molecule has 0 saturated heterocycles. The Morgan fingerprint density at radius 2 is 1.40 bits per heavy atom. The Hall–Kier alpha value is -3.48. The Kier molecular flexibility index (Phi) is 11.9. The van der Waals surface area contributed by atoms with Crippen molar-refractivity contribution in [3.63, 3.8) is 0 Å². The molecule has 13 heteroatoms. The van der Waals surface area contributed by atoms with Crippen molar-refractivity contribution in [1.82, 2.24) is 25.9 Å². The molecule has 4 atom stereocenters. The number of hydrogen-bond acceptors (Lipinski definition) is 7. The molecule has 1 aromatic heterocycles. The number of aromatic nitrogens is 2. The Balaban J connectivity index is 2.95. The van der Waals surface area contributed by atoms with Gasteiger partial charge in [0.1, 0.15) is 18.1 Å². The van der Waals surface area contributed by atoms with Crippen LogP contribution in [0.2, 0.25) is 0 Å². The molecule has 4 unspecified atom stereocenters. The second kappa shape index (κ2) is 14.0. The Morgan fingerprint density at radius 1 is 0.886 bits per heavy atom. The zero-order chi connectivity index (χ0) is 26.7. The van der Waals surface area contributed by atoms with Crippen LogP contribution in [0, 0.1) is 11.8 Å². The number of carboxylic acids is 2. The first-order valence-electron chi connectivity index (χ1n) is 11.4. The maximum Gasteiger partial charge on any atom is 0.326 e. The number of H-pyrrole nitrogens is 1. The van der Waals surface area contributed by atoms with Crippen LogP contribution < -0.4 is 21.7 Å². The molecular formula is C22H36N6O7. The summed E-state index contributed by atoms with van der Waals surface area (Å²) in [5.41, 5.74) is 6.57. The molecule has 196 valence electrons. The number of hydrogen-bond donors (Lipinski definition) is 7. The van der Waals surface area contributed by atoms with Crippen LogP contribution >= 0.6 is 0 Å². The van der Waals surface area contributed by atoms with E-state index in [4.69, 9.17) is 5.73 Å². The molecule has 13 nitrogen and oxygen atoms in total. The largest absolute Gasteiger partial charge is 0.481 e. The van der Waals surface area contributed by atoms with Gasteiger partial charge >= 0.3 is 11.9 Å². The molecule has 1 aromatic rings. The summed E-state index contributed by atoms with van der Waals surface area (Å²) in [7, 11) is 0. The summed E-state index contributed by atoms with van der Waals surface area (Å²) in [5.74, 6) is -5.07. The van der Waals surface area contributed by atoms with Crippen molar-refractivity contribution in [2.24, 2.45) is 17.6 Å². The fourth-order valence-electron chi connectivity index (χ4n) is 3.33. The fourth-order valence-corrected chi connectivity index (χ4v) is 3.33. The van der Waals surface area contributed by atoms with Crippen LogP contribution in [-0.4, -0.2) is 74.0 Å². The molecule has 1 heterocycles. The number of nitrogens with zero attached hydrogens (tertiary/aromatic N) is 1. The van der Waals surface area contributed by atoms with Gasteiger partial charge in [-0.05, 0) is 24.7 Å². The number of carboxylic acid groups (broad SMARTS) is 2. The molecule has 0 spiro atoms. The molecule has 0 aromatic carbocycles. The van der Waals surface area contributed by atoms with Gasteiger partial charge in [0.15, 0.2) is 0 Å². The van der Waals surface area contributed by atoms with Gasteiger partial charge in [-0.1, -0.05) is 27.7 Å². The van der Waals surface area contributed by atoms with Crippen LogP contribution in [0.3, 0.4) is 0 Å². The van der Waals surface area contributed by atoms with Gasteiger partial charge < -0.3 is 36.9 Å². The first kappa shape index (κ1) is 29.6. The van der Waals surface area contributed by atoms with Gasteiger partial charge in [-0.2, -0.15) is 0 Å². The lowest BCUT2D eigenvalue weighted by atomic mass is 10.0. The van der Waals surface area contributed by atoms with Crippen molar-refractivity contribution in [2.45, 2.75) is 77.5 Å². The fraction of sp³-hybridized carbons (Fsp3) is 0.636. The molecule has 3 amide bonds. The van der Waals surface area contributed by atoms with Gasteiger partial charge in [-0.25, -0.2) is 9.78 Å². The zero-order valence-electron chi connectivity index (χ0n) is 20.4. The van der Waals surface area contributed by atoms with E-state index in [1.807, 2.05) is 13.8 Å². The lowest BCUT2D eigenvalue weighted by Gasteiger charge is -2.25. The zero-order valence-corrected chi connectivity index (χ0v) is 20.4. The Labute approximate surface area is 203 Å². The molecule has 0 saturated carbocycles. The third-order valence-electron chi connectivity index (χ3n) is 5.00. The second-order valence-corrected chi connectivity index (χ2v) is 9.27. The number of aromatic amines is 1. The quantitative estimate of drug-likeness (QED) is 0.164.